The van der Waals surface area contributed by atoms with Crippen LogP contribution in [0.2, 0.25) is 0 Å². The van der Waals surface area contributed by atoms with Crippen molar-refractivity contribution in [1.82, 2.24) is 4.90 Å². The summed E-state index contributed by atoms with van der Waals surface area (Å²) < 4.78 is 5.12. The van der Waals surface area contributed by atoms with E-state index in [4.69, 9.17) is 4.74 Å². The fourth-order valence-corrected chi connectivity index (χ4v) is 3.15. The predicted octanol–water partition coefficient (Wildman–Crippen LogP) is 2.00. The Morgan fingerprint density at radius 2 is 1.83 bits per heavy atom. The van der Waals surface area contributed by atoms with Crippen LogP contribution in [0.3, 0.4) is 0 Å². The van der Waals surface area contributed by atoms with Gasteiger partial charge in [0.1, 0.15) is 5.75 Å². The highest BCUT2D eigenvalue weighted by Gasteiger charge is 2.39. The van der Waals surface area contributed by atoms with Crippen LogP contribution in [0.15, 0.2) is 54.6 Å². The number of β-amino-alcohol motifs (C(OH)–C–C–N with tert-alkyl or cyclic N) is 1. The Morgan fingerprint density at radius 3 is 2.46 bits per heavy atom. The zero-order valence-electron chi connectivity index (χ0n) is 13.5. The van der Waals surface area contributed by atoms with E-state index in [0.717, 1.165) is 0 Å². The molecular weight excluding hydrogens is 306 g/mol. The molecule has 3 atom stereocenters. The van der Waals surface area contributed by atoms with Crippen molar-refractivity contribution >= 4 is 5.91 Å². The first-order valence-electron chi connectivity index (χ1n) is 7.96. The van der Waals surface area contributed by atoms with Crippen LogP contribution in [0.1, 0.15) is 28.4 Å². The van der Waals surface area contributed by atoms with Crippen molar-refractivity contribution < 1.29 is 19.7 Å². The van der Waals surface area contributed by atoms with E-state index < -0.39 is 18.2 Å². The minimum atomic E-state index is -0.860. The summed E-state index contributed by atoms with van der Waals surface area (Å²) in [5.41, 5.74) is 1.25. The van der Waals surface area contributed by atoms with Crippen molar-refractivity contribution in [2.24, 2.45) is 0 Å². The van der Waals surface area contributed by atoms with Crippen molar-refractivity contribution in [2.45, 2.75) is 24.7 Å². The van der Waals surface area contributed by atoms with Crippen molar-refractivity contribution in [1.29, 1.82) is 0 Å². The molecule has 0 radical (unpaired) electrons. The van der Waals surface area contributed by atoms with Crippen molar-refractivity contribution in [3.63, 3.8) is 0 Å². The summed E-state index contributed by atoms with van der Waals surface area (Å²) in [6, 6.07) is 15.6. The van der Waals surface area contributed by atoms with E-state index in [9.17, 15) is 15.0 Å². The Morgan fingerprint density at radius 1 is 1.17 bits per heavy atom. The lowest BCUT2D eigenvalue weighted by atomic mass is 9.99. The van der Waals surface area contributed by atoms with Gasteiger partial charge in [-0.1, -0.05) is 30.3 Å². The maximum Gasteiger partial charge on any atom is 0.254 e. The molecule has 0 saturated carbocycles. The molecule has 1 heterocycles. The lowest BCUT2D eigenvalue weighted by Gasteiger charge is -2.28. The summed E-state index contributed by atoms with van der Waals surface area (Å²) in [6.07, 6.45) is -1.14. The minimum Gasteiger partial charge on any atom is -0.497 e. The molecule has 24 heavy (non-hydrogen) atoms. The van der Waals surface area contributed by atoms with Gasteiger partial charge >= 0.3 is 0 Å². The number of methoxy groups -OCH3 is 1. The van der Waals surface area contributed by atoms with Gasteiger partial charge in [-0.3, -0.25) is 4.79 Å². The van der Waals surface area contributed by atoms with Crippen molar-refractivity contribution in [3.05, 3.63) is 65.7 Å². The largest absolute Gasteiger partial charge is 0.497 e. The van der Waals surface area contributed by atoms with Gasteiger partial charge in [-0.2, -0.15) is 0 Å². The molecule has 126 valence electrons. The van der Waals surface area contributed by atoms with E-state index in [0.29, 0.717) is 23.3 Å². The van der Waals surface area contributed by atoms with Crippen molar-refractivity contribution in [2.75, 3.05) is 13.7 Å². The van der Waals surface area contributed by atoms with Gasteiger partial charge in [0.15, 0.2) is 0 Å². The highest BCUT2D eigenvalue weighted by molar-refractivity contribution is 5.94. The van der Waals surface area contributed by atoms with Crippen LogP contribution in [0.4, 0.5) is 0 Å². The summed E-state index contributed by atoms with van der Waals surface area (Å²) in [7, 11) is 1.58. The lowest BCUT2D eigenvalue weighted by Crippen LogP contribution is -2.39. The number of carbonyl (C=O) groups excluding carboxylic acids is 1. The highest BCUT2D eigenvalue weighted by Crippen LogP contribution is 2.31. The number of aliphatic hydroxyl groups excluding tert-OH is 2. The fraction of sp³-hybridized carbons (Fsp3) is 0.316. The Kier molecular flexibility index (Phi) is 4.83. The first kappa shape index (κ1) is 16.5. The summed E-state index contributed by atoms with van der Waals surface area (Å²) in [5, 5.41) is 20.7. The number of nitrogens with zero attached hydrogens (tertiary/aromatic N) is 1. The molecule has 5 heteroatoms. The number of likely N-dealkylation sites (tertiary alicyclic amines) is 1. The molecule has 1 aliphatic heterocycles. The third-order valence-corrected chi connectivity index (χ3v) is 4.42. The van der Waals surface area contributed by atoms with Gasteiger partial charge in [0.05, 0.1) is 25.4 Å². The first-order valence-corrected chi connectivity index (χ1v) is 7.96. The summed E-state index contributed by atoms with van der Waals surface area (Å²) in [6.45, 7) is 0.228. The molecular formula is C19H21NO4. The Balaban J connectivity index is 1.83. The molecule has 0 spiro atoms. The number of benzene rings is 2. The summed E-state index contributed by atoms with van der Waals surface area (Å²) in [4.78, 5) is 14.3. The van der Waals surface area contributed by atoms with Crippen LogP contribution in [0.5, 0.6) is 5.75 Å². The van der Waals surface area contributed by atoms with Crippen LogP contribution < -0.4 is 4.74 Å². The molecule has 2 aromatic rings. The van der Waals surface area contributed by atoms with Crippen LogP contribution in [-0.4, -0.2) is 46.8 Å². The van der Waals surface area contributed by atoms with Gasteiger partial charge in [0.2, 0.25) is 0 Å². The normalized spacial score (nSPS) is 21.5. The Labute approximate surface area is 141 Å². The van der Waals surface area contributed by atoms with E-state index >= 15 is 0 Å². The van der Waals surface area contributed by atoms with E-state index in [1.807, 2.05) is 6.07 Å². The summed E-state index contributed by atoms with van der Waals surface area (Å²) in [5.74, 6) is 0.527. The molecule has 0 unspecified atom stereocenters. The molecule has 0 aromatic heterocycles. The standard InChI is InChI=1S/C19H21NO4/c1-24-16-9-7-13(8-10-16)18(22)17-11-15(21)12-20(17)19(23)14-5-3-2-4-6-14/h2-10,15,17-18,21-22H,11-12H2,1H3/t15-,17-,18+/m1/s1. The van der Waals surface area contributed by atoms with Crippen LogP contribution in [0, 0.1) is 0 Å². The molecule has 2 N–H and O–H groups in total. The molecule has 5 nitrogen and oxygen atoms in total. The first-order chi connectivity index (χ1) is 11.6. The number of hydrogen-bond donors (Lipinski definition) is 2. The van der Waals surface area contributed by atoms with Gasteiger partial charge in [0, 0.05) is 12.1 Å². The van der Waals surface area contributed by atoms with Gasteiger partial charge < -0.3 is 19.8 Å². The molecule has 3 rings (SSSR count). The summed E-state index contributed by atoms with van der Waals surface area (Å²) >= 11 is 0. The monoisotopic (exact) mass is 327 g/mol. The Hall–Kier alpha value is -2.37. The molecule has 1 aliphatic rings. The SMILES string of the molecule is COc1ccc([C@H](O)[C@H]2C[C@@H](O)CN2C(=O)c2ccccc2)cc1. The number of carbonyl (C=O) groups is 1. The zero-order valence-corrected chi connectivity index (χ0v) is 13.5. The number of ether oxygens (including phenoxy) is 1. The van der Waals surface area contributed by atoms with Gasteiger partial charge in [-0.05, 0) is 36.2 Å². The fourth-order valence-electron chi connectivity index (χ4n) is 3.15. The van der Waals surface area contributed by atoms with Crippen LogP contribution in [-0.2, 0) is 0 Å². The number of aliphatic hydroxyl groups is 2. The number of rotatable bonds is 4. The molecule has 1 fully saturated rings. The molecule has 1 saturated heterocycles. The van der Waals surface area contributed by atoms with Crippen LogP contribution in [0.25, 0.3) is 0 Å². The maximum atomic E-state index is 12.7. The molecule has 1 amide bonds. The van der Waals surface area contributed by atoms with Gasteiger partial charge in [-0.15, -0.1) is 0 Å². The smallest absolute Gasteiger partial charge is 0.254 e. The Bertz CT molecular complexity index is 686. The van der Waals surface area contributed by atoms with Gasteiger partial charge in [-0.25, -0.2) is 0 Å². The quantitative estimate of drug-likeness (QED) is 0.901. The maximum absolute atomic E-state index is 12.7. The van der Waals surface area contributed by atoms with E-state index in [1.54, 1.807) is 60.5 Å². The van der Waals surface area contributed by atoms with Gasteiger partial charge in [0.25, 0.3) is 5.91 Å². The predicted molar refractivity (Wildman–Crippen MR) is 89.8 cm³/mol. The number of amides is 1. The molecule has 0 aliphatic carbocycles. The molecule has 2 aromatic carbocycles. The average Bonchev–Trinajstić information content (AvgIpc) is 3.03. The van der Waals surface area contributed by atoms with E-state index in [2.05, 4.69) is 0 Å². The topological polar surface area (TPSA) is 70.0 Å². The van der Waals surface area contributed by atoms with E-state index in [-0.39, 0.29) is 12.5 Å². The highest BCUT2D eigenvalue weighted by atomic mass is 16.5. The number of hydrogen-bond acceptors (Lipinski definition) is 4. The third kappa shape index (κ3) is 3.27. The second kappa shape index (κ2) is 7.03. The molecule has 0 bridgehead atoms. The van der Waals surface area contributed by atoms with Crippen molar-refractivity contribution in [3.8, 4) is 5.75 Å². The minimum absolute atomic E-state index is 0.176. The van der Waals surface area contributed by atoms with E-state index in [1.165, 1.54) is 0 Å². The van der Waals surface area contributed by atoms with Crippen LogP contribution >= 0.6 is 0 Å². The average molecular weight is 327 g/mol. The lowest BCUT2D eigenvalue weighted by molar-refractivity contribution is 0.0485. The third-order valence-electron chi connectivity index (χ3n) is 4.42. The second-order valence-electron chi connectivity index (χ2n) is 6.00. The second-order valence-corrected chi connectivity index (χ2v) is 6.00. The zero-order chi connectivity index (χ0) is 17.1.